The Morgan fingerprint density at radius 1 is 1.10 bits per heavy atom. The molecule has 0 aromatic carbocycles. The van der Waals surface area contributed by atoms with Crippen LogP contribution in [0.4, 0.5) is 5.82 Å². The Balaban J connectivity index is 1.70. The van der Waals surface area contributed by atoms with Gasteiger partial charge in [0.05, 0.1) is 5.38 Å². The topological polar surface area (TPSA) is 64.8 Å². The van der Waals surface area contributed by atoms with Crippen LogP contribution in [0.2, 0.25) is 0 Å². The molecule has 6 heteroatoms. The first-order valence-electron chi connectivity index (χ1n) is 7.47. The van der Waals surface area contributed by atoms with Crippen LogP contribution in [0.5, 0.6) is 0 Å². The number of rotatable bonds is 1. The fourth-order valence-corrected chi connectivity index (χ4v) is 3.97. The first-order chi connectivity index (χ1) is 9.84. The predicted octanol–water partition coefficient (Wildman–Crippen LogP) is 1.83. The van der Waals surface area contributed by atoms with Crippen molar-refractivity contribution in [3.05, 3.63) is 22.5 Å². The number of hydrogen-bond acceptors (Lipinski definition) is 4. The highest BCUT2D eigenvalue weighted by Gasteiger charge is 2.34. The maximum absolute atomic E-state index is 6.77. The van der Waals surface area contributed by atoms with Gasteiger partial charge in [-0.3, -0.25) is 5.10 Å². The molecule has 1 aromatic heterocycles. The van der Waals surface area contributed by atoms with Crippen LogP contribution in [0.1, 0.15) is 41.8 Å². The first kappa shape index (κ1) is 12.7. The van der Waals surface area contributed by atoms with Gasteiger partial charge in [0, 0.05) is 42.4 Å². The molecule has 3 aliphatic heterocycles. The first-order valence-corrected chi connectivity index (χ1v) is 7.91. The van der Waals surface area contributed by atoms with E-state index < -0.39 is 0 Å². The van der Waals surface area contributed by atoms with Crippen molar-refractivity contribution in [3.63, 3.8) is 0 Å². The largest absolute Gasteiger partial charge is 0.342 e. The van der Waals surface area contributed by atoms with E-state index in [-0.39, 0.29) is 5.38 Å². The molecule has 0 bridgehead atoms. The van der Waals surface area contributed by atoms with Gasteiger partial charge in [-0.1, -0.05) is 0 Å². The molecule has 4 heterocycles. The minimum Gasteiger partial charge on any atom is -0.342 e. The van der Waals surface area contributed by atoms with Crippen molar-refractivity contribution < 1.29 is 0 Å². The van der Waals surface area contributed by atoms with Crippen molar-refractivity contribution in [1.82, 2.24) is 20.8 Å². The van der Waals surface area contributed by atoms with Crippen LogP contribution < -0.4 is 16.0 Å². The summed E-state index contributed by atoms with van der Waals surface area (Å²) in [7, 11) is 0. The highest BCUT2D eigenvalue weighted by atomic mass is 35.5. The highest BCUT2D eigenvalue weighted by Crippen LogP contribution is 2.44. The minimum absolute atomic E-state index is 0.0438. The average Bonchev–Trinajstić information content (AvgIpc) is 2.92. The Morgan fingerprint density at radius 2 is 1.95 bits per heavy atom. The lowest BCUT2D eigenvalue weighted by atomic mass is 9.87. The number of halogens is 1. The molecule has 1 saturated heterocycles. The number of nitrogens with one attached hydrogen (secondary N) is 4. The number of anilines is 1. The summed E-state index contributed by atoms with van der Waals surface area (Å²) in [5, 5.41) is 18.0. The van der Waals surface area contributed by atoms with Crippen LogP contribution in [0, 0.1) is 0 Å². The molecule has 0 spiro atoms. The van der Waals surface area contributed by atoms with Crippen molar-refractivity contribution in [2.45, 2.75) is 30.6 Å². The molecule has 4 N–H and O–H groups in total. The summed E-state index contributed by atoms with van der Waals surface area (Å²) in [6, 6.07) is 0. The van der Waals surface area contributed by atoms with Gasteiger partial charge in [-0.25, -0.2) is 0 Å². The number of fused-ring (bicyclic) bond motifs is 1. The summed E-state index contributed by atoms with van der Waals surface area (Å²) < 4.78 is 0. The number of nitrogens with zero attached hydrogens (tertiary/aromatic N) is 1. The standard InChI is InChI=1S/C14H20ClN5/c15-12-9-7-17-6-3-10(9)18-14-11(12)13(19-20-14)8-1-4-16-5-2-8/h8,12,16-17H,1-7H2,(H2,18,19,20). The molecule has 1 unspecified atom stereocenters. The van der Waals surface area contributed by atoms with Gasteiger partial charge in [0.1, 0.15) is 0 Å². The van der Waals surface area contributed by atoms with Crippen LogP contribution >= 0.6 is 11.6 Å². The molecule has 0 radical (unpaired) electrons. The third kappa shape index (κ3) is 1.96. The quantitative estimate of drug-likeness (QED) is 0.597. The van der Waals surface area contributed by atoms with Crippen LogP contribution in [0.15, 0.2) is 11.3 Å². The number of piperidine rings is 1. The minimum atomic E-state index is -0.0438. The van der Waals surface area contributed by atoms with E-state index in [9.17, 15) is 0 Å². The van der Waals surface area contributed by atoms with Gasteiger partial charge in [-0.05, 0) is 31.5 Å². The number of H-pyrrole nitrogens is 1. The molecule has 20 heavy (non-hydrogen) atoms. The molecule has 1 atom stereocenters. The molecule has 3 aliphatic rings. The smallest absolute Gasteiger partial charge is 0.157 e. The summed E-state index contributed by atoms with van der Waals surface area (Å²) in [4.78, 5) is 0. The van der Waals surface area contributed by atoms with Crippen molar-refractivity contribution >= 4 is 17.4 Å². The summed E-state index contributed by atoms with van der Waals surface area (Å²) in [5.74, 6) is 1.49. The third-order valence-corrected chi connectivity index (χ3v) is 5.15. The van der Waals surface area contributed by atoms with E-state index in [2.05, 4.69) is 26.1 Å². The maximum atomic E-state index is 6.77. The molecule has 1 aromatic rings. The number of hydrogen-bond donors (Lipinski definition) is 4. The van der Waals surface area contributed by atoms with Gasteiger partial charge in [-0.2, -0.15) is 5.10 Å². The Kier molecular flexibility index (Phi) is 3.21. The Hall–Kier alpha value is -1.04. The van der Waals surface area contributed by atoms with E-state index in [1.807, 2.05) is 0 Å². The lowest BCUT2D eigenvalue weighted by Gasteiger charge is -2.31. The van der Waals surface area contributed by atoms with Crippen molar-refractivity contribution in [2.75, 3.05) is 31.5 Å². The molecule has 0 amide bonds. The predicted molar refractivity (Wildman–Crippen MR) is 80.2 cm³/mol. The summed E-state index contributed by atoms with van der Waals surface area (Å²) in [5.41, 5.74) is 4.98. The van der Waals surface area contributed by atoms with Crippen molar-refractivity contribution in [1.29, 1.82) is 0 Å². The highest BCUT2D eigenvalue weighted by molar-refractivity contribution is 6.23. The third-order valence-electron chi connectivity index (χ3n) is 4.66. The van der Waals surface area contributed by atoms with E-state index >= 15 is 0 Å². The summed E-state index contributed by atoms with van der Waals surface area (Å²) in [6.45, 7) is 4.05. The van der Waals surface area contributed by atoms with Gasteiger partial charge in [0.2, 0.25) is 0 Å². The molecule has 5 nitrogen and oxygen atoms in total. The molecule has 1 fully saturated rings. The normalized spacial score (nSPS) is 26.9. The lowest BCUT2D eigenvalue weighted by molar-refractivity contribution is 0.450. The van der Waals surface area contributed by atoms with E-state index in [0.717, 1.165) is 51.3 Å². The number of aromatic nitrogens is 2. The van der Waals surface area contributed by atoms with E-state index in [1.54, 1.807) is 0 Å². The Morgan fingerprint density at radius 3 is 2.80 bits per heavy atom. The zero-order valence-corrected chi connectivity index (χ0v) is 12.2. The summed E-state index contributed by atoms with van der Waals surface area (Å²) in [6.07, 6.45) is 3.32. The lowest BCUT2D eigenvalue weighted by Crippen LogP contribution is -2.32. The number of aromatic amines is 1. The van der Waals surface area contributed by atoms with Gasteiger partial charge in [0.25, 0.3) is 0 Å². The second kappa shape index (κ2) is 5.06. The Labute approximate surface area is 123 Å². The fourth-order valence-electron chi connectivity index (χ4n) is 3.54. The zero-order valence-electron chi connectivity index (χ0n) is 11.4. The van der Waals surface area contributed by atoms with Crippen LogP contribution in [0.3, 0.4) is 0 Å². The zero-order chi connectivity index (χ0) is 13.5. The average molecular weight is 294 g/mol. The monoisotopic (exact) mass is 293 g/mol. The van der Waals surface area contributed by atoms with Crippen LogP contribution in [-0.4, -0.2) is 36.4 Å². The molecule has 4 rings (SSSR count). The molecular weight excluding hydrogens is 274 g/mol. The number of alkyl halides is 1. The van der Waals surface area contributed by atoms with Gasteiger partial charge in [0.15, 0.2) is 5.82 Å². The second-order valence-electron chi connectivity index (χ2n) is 5.84. The Bertz CT molecular complexity index is 544. The molecule has 108 valence electrons. The van der Waals surface area contributed by atoms with Gasteiger partial charge in [-0.15, -0.1) is 11.6 Å². The van der Waals surface area contributed by atoms with Crippen LogP contribution in [-0.2, 0) is 0 Å². The molecule has 0 aliphatic carbocycles. The van der Waals surface area contributed by atoms with E-state index in [4.69, 9.17) is 11.6 Å². The fraction of sp³-hybridized carbons (Fsp3) is 0.643. The van der Waals surface area contributed by atoms with Crippen molar-refractivity contribution in [3.8, 4) is 0 Å². The molecule has 0 saturated carbocycles. The van der Waals surface area contributed by atoms with E-state index in [0.29, 0.717) is 5.92 Å². The van der Waals surface area contributed by atoms with Crippen molar-refractivity contribution in [2.24, 2.45) is 0 Å². The molecular formula is C14H20ClN5. The second-order valence-corrected chi connectivity index (χ2v) is 6.28. The van der Waals surface area contributed by atoms with Gasteiger partial charge >= 0.3 is 0 Å². The summed E-state index contributed by atoms with van der Waals surface area (Å²) >= 11 is 6.77. The van der Waals surface area contributed by atoms with Gasteiger partial charge < -0.3 is 16.0 Å². The van der Waals surface area contributed by atoms with E-state index in [1.165, 1.54) is 22.5 Å². The SMILES string of the molecule is ClC1C2=C(CCNC2)Nc2n[nH]c(C3CCNCC3)c21. The van der Waals surface area contributed by atoms with Crippen LogP contribution in [0.25, 0.3) is 0 Å². The maximum Gasteiger partial charge on any atom is 0.157 e.